The van der Waals surface area contributed by atoms with Gasteiger partial charge in [-0.05, 0) is 37.7 Å². The van der Waals surface area contributed by atoms with Gasteiger partial charge in [-0.15, -0.1) is 0 Å². The lowest BCUT2D eigenvalue weighted by molar-refractivity contribution is 0.580. The van der Waals surface area contributed by atoms with Crippen LogP contribution in [0.3, 0.4) is 0 Å². The molecule has 0 unspecified atom stereocenters. The highest BCUT2D eigenvalue weighted by Gasteiger charge is 2.00. The van der Waals surface area contributed by atoms with Crippen LogP contribution in [0, 0.1) is 5.92 Å². The first-order chi connectivity index (χ1) is 6.93. The van der Waals surface area contributed by atoms with Crippen molar-refractivity contribution in [1.82, 2.24) is 5.23 Å². The molecule has 0 saturated carbocycles. The average molecular weight is 204 g/mol. The minimum Gasteiger partial charge on any atom is -0.435 e. The number of allylic oxidation sites excluding steroid dienone is 3. The molecule has 0 aromatic rings. The summed E-state index contributed by atoms with van der Waals surface area (Å²) in [4.78, 5) is 0. The summed E-state index contributed by atoms with van der Waals surface area (Å²) in [6.45, 7) is 18.2. The Balaban J connectivity index is 3.55. The van der Waals surface area contributed by atoms with Crippen LogP contribution in [0.4, 0.5) is 0 Å². The third-order valence-corrected chi connectivity index (χ3v) is 2.28. The standard InChI is InChI=1S/C13H23BN/c1-10(2)7-8-13(6)15-14-9-12(5)11(3)4/h10,15H,3,5-9H2,1-2,4H3. The number of rotatable bonds is 8. The molecule has 0 aliphatic heterocycles. The van der Waals surface area contributed by atoms with E-state index in [0.717, 1.165) is 35.5 Å². The summed E-state index contributed by atoms with van der Waals surface area (Å²) in [6, 6.07) is 0. The molecule has 0 rings (SSSR count). The van der Waals surface area contributed by atoms with Crippen molar-refractivity contribution in [2.75, 3.05) is 0 Å². The van der Waals surface area contributed by atoms with Gasteiger partial charge in [0, 0.05) is 0 Å². The maximum absolute atomic E-state index is 3.97. The molecule has 0 aliphatic rings. The number of hydrogen-bond acceptors (Lipinski definition) is 1. The monoisotopic (exact) mass is 204 g/mol. The summed E-state index contributed by atoms with van der Waals surface area (Å²) in [5, 5.41) is 3.20. The van der Waals surface area contributed by atoms with Crippen molar-refractivity contribution in [2.24, 2.45) is 5.92 Å². The van der Waals surface area contributed by atoms with Gasteiger partial charge >= 0.3 is 0 Å². The van der Waals surface area contributed by atoms with E-state index in [9.17, 15) is 0 Å². The molecular weight excluding hydrogens is 181 g/mol. The second-order valence-corrected chi connectivity index (χ2v) is 4.47. The fraction of sp³-hybridized carbons (Fsp3) is 0.538. The van der Waals surface area contributed by atoms with E-state index in [2.05, 4.69) is 38.8 Å². The summed E-state index contributed by atoms with van der Waals surface area (Å²) < 4.78 is 0. The molecule has 1 radical (unpaired) electrons. The largest absolute Gasteiger partial charge is 0.435 e. The third-order valence-electron chi connectivity index (χ3n) is 2.28. The lowest BCUT2D eigenvalue weighted by Crippen LogP contribution is -2.18. The van der Waals surface area contributed by atoms with Crippen LogP contribution in [0.2, 0.25) is 6.32 Å². The molecule has 83 valence electrons. The molecule has 0 bridgehead atoms. The fourth-order valence-electron chi connectivity index (χ4n) is 1.03. The normalized spacial score (nSPS) is 9.87. The van der Waals surface area contributed by atoms with Crippen LogP contribution < -0.4 is 5.23 Å². The molecule has 0 aliphatic carbocycles. The lowest BCUT2D eigenvalue weighted by atomic mass is 9.82. The van der Waals surface area contributed by atoms with Crippen molar-refractivity contribution in [3.05, 3.63) is 36.6 Å². The van der Waals surface area contributed by atoms with Gasteiger partial charge in [-0.2, -0.15) is 0 Å². The Hall–Kier alpha value is -0.915. The number of hydrogen-bond donors (Lipinski definition) is 1. The van der Waals surface area contributed by atoms with E-state index in [1.54, 1.807) is 0 Å². The predicted octanol–water partition coefficient (Wildman–Crippen LogP) is 3.70. The Morgan fingerprint density at radius 1 is 1.27 bits per heavy atom. The predicted molar refractivity (Wildman–Crippen MR) is 70.9 cm³/mol. The number of nitrogens with one attached hydrogen (secondary N) is 1. The quantitative estimate of drug-likeness (QED) is 0.469. The van der Waals surface area contributed by atoms with E-state index in [-0.39, 0.29) is 0 Å². The fourth-order valence-corrected chi connectivity index (χ4v) is 1.03. The Bertz CT molecular complexity index is 241. The van der Waals surface area contributed by atoms with Crippen molar-refractivity contribution in [3.8, 4) is 0 Å². The molecule has 2 heteroatoms. The van der Waals surface area contributed by atoms with E-state index in [0.29, 0.717) is 0 Å². The first-order valence-corrected chi connectivity index (χ1v) is 5.53. The van der Waals surface area contributed by atoms with Crippen LogP contribution in [0.15, 0.2) is 36.6 Å². The van der Waals surface area contributed by atoms with Gasteiger partial charge in [0.05, 0.1) is 0 Å². The van der Waals surface area contributed by atoms with E-state index in [4.69, 9.17) is 0 Å². The minimum atomic E-state index is 0.730. The van der Waals surface area contributed by atoms with Crippen LogP contribution in [0.5, 0.6) is 0 Å². The van der Waals surface area contributed by atoms with Gasteiger partial charge in [-0.25, -0.2) is 0 Å². The van der Waals surface area contributed by atoms with Crippen molar-refractivity contribution in [3.63, 3.8) is 0 Å². The molecule has 0 amide bonds. The Kier molecular flexibility index (Phi) is 6.94. The maximum Gasteiger partial charge on any atom is 0.247 e. The zero-order chi connectivity index (χ0) is 11.8. The van der Waals surface area contributed by atoms with Gasteiger partial charge in [0.15, 0.2) is 0 Å². The van der Waals surface area contributed by atoms with Crippen molar-refractivity contribution in [2.45, 2.75) is 39.9 Å². The van der Waals surface area contributed by atoms with Gasteiger partial charge in [-0.3, -0.25) is 0 Å². The second kappa shape index (κ2) is 7.39. The van der Waals surface area contributed by atoms with Crippen LogP contribution in [0.1, 0.15) is 33.6 Å². The molecule has 0 aromatic carbocycles. The average Bonchev–Trinajstić information content (AvgIpc) is 2.14. The maximum atomic E-state index is 3.97. The highest BCUT2D eigenvalue weighted by Crippen LogP contribution is 2.10. The Morgan fingerprint density at radius 3 is 2.33 bits per heavy atom. The molecule has 0 fully saturated rings. The Morgan fingerprint density at radius 2 is 1.87 bits per heavy atom. The first-order valence-electron chi connectivity index (χ1n) is 5.53. The van der Waals surface area contributed by atoms with Crippen molar-refractivity contribution in [1.29, 1.82) is 0 Å². The van der Waals surface area contributed by atoms with Crippen molar-refractivity contribution >= 4 is 7.41 Å². The third kappa shape index (κ3) is 8.10. The molecule has 0 saturated heterocycles. The van der Waals surface area contributed by atoms with Crippen LogP contribution in [-0.4, -0.2) is 7.41 Å². The second-order valence-electron chi connectivity index (χ2n) is 4.47. The van der Waals surface area contributed by atoms with Crippen LogP contribution in [0.25, 0.3) is 0 Å². The summed E-state index contributed by atoms with van der Waals surface area (Å²) in [6.07, 6.45) is 3.05. The molecule has 1 N–H and O–H groups in total. The smallest absolute Gasteiger partial charge is 0.247 e. The molecular formula is C13H23BN. The van der Waals surface area contributed by atoms with Gasteiger partial charge in [-0.1, -0.05) is 44.7 Å². The lowest BCUT2D eigenvalue weighted by Gasteiger charge is -2.10. The summed E-state index contributed by atoms with van der Waals surface area (Å²) in [5.74, 6) is 0.730. The zero-order valence-corrected chi connectivity index (χ0v) is 10.4. The summed E-state index contributed by atoms with van der Waals surface area (Å²) >= 11 is 0. The zero-order valence-electron chi connectivity index (χ0n) is 10.4. The van der Waals surface area contributed by atoms with Gasteiger partial charge in [0.2, 0.25) is 7.41 Å². The van der Waals surface area contributed by atoms with E-state index < -0.39 is 0 Å². The molecule has 0 atom stereocenters. The van der Waals surface area contributed by atoms with E-state index >= 15 is 0 Å². The molecule has 15 heavy (non-hydrogen) atoms. The van der Waals surface area contributed by atoms with E-state index in [1.165, 1.54) is 6.42 Å². The van der Waals surface area contributed by atoms with Gasteiger partial charge in [0.1, 0.15) is 0 Å². The first kappa shape index (κ1) is 14.1. The molecule has 0 heterocycles. The minimum absolute atomic E-state index is 0.730. The van der Waals surface area contributed by atoms with Crippen LogP contribution >= 0.6 is 0 Å². The molecule has 1 nitrogen and oxygen atoms in total. The Labute approximate surface area is 95.6 Å². The topological polar surface area (TPSA) is 12.0 Å². The van der Waals surface area contributed by atoms with Crippen molar-refractivity contribution < 1.29 is 0 Å². The van der Waals surface area contributed by atoms with Gasteiger partial charge < -0.3 is 5.23 Å². The highest BCUT2D eigenvalue weighted by molar-refractivity contribution is 6.34. The van der Waals surface area contributed by atoms with E-state index in [1.807, 2.05) is 14.3 Å². The molecule has 0 spiro atoms. The summed E-state index contributed by atoms with van der Waals surface area (Å²) in [5.41, 5.74) is 3.19. The SMILES string of the molecule is C=C(CCC(C)C)N[B]CC(=C)C(=C)C. The van der Waals surface area contributed by atoms with Crippen LogP contribution in [-0.2, 0) is 0 Å². The summed E-state index contributed by atoms with van der Waals surface area (Å²) in [7, 11) is 2.00. The van der Waals surface area contributed by atoms with Gasteiger partial charge in [0.25, 0.3) is 0 Å². The molecule has 0 aromatic heterocycles. The highest BCUT2D eigenvalue weighted by atomic mass is 14.8.